The van der Waals surface area contributed by atoms with Crippen LogP contribution in [0.15, 0.2) is 42.5 Å². The van der Waals surface area contributed by atoms with Crippen LogP contribution in [0.1, 0.15) is 48.9 Å². The van der Waals surface area contributed by atoms with E-state index in [0.717, 1.165) is 28.8 Å². The van der Waals surface area contributed by atoms with Crippen LogP contribution in [0.4, 0.5) is 18.9 Å². The third kappa shape index (κ3) is 6.14. The van der Waals surface area contributed by atoms with Crippen LogP contribution >= 0.6 is 23.4 Å². The first kappa shape index (κ1) is 27.1. The predicted octanol–water partition coefficient (Wildman–Crippen LogP) is 6.20. The Hall–Kier alpha value is -1.90. The summed E-state index contributed by atoms with van der Waals surface area (Å²) in [5.41, 5.74) is 8.10. The maximum absolute atomic E-state index is 13.5. The highest BCUT2D eigenvalue weighted by molar-refractivity contribution is 7.99. The zero-order chi connectivity index (χ0) is 26.0. The molecule has 0 aliphatic carbocycles. The van der Waals surface area contributed by atoms with Gasteiger partial charge in [0, 0.05) is 60.4 Å². The van der Waals surface area contributed by atoms with Crippen molar-refractivity contribution in [2.24, 2.45) is 17.6 Å². The molecule has 0 spiro atoms. The summed E-state index contributed by atoms with van der Waals surface area (Å²) in [4.78, 5) is 17.4. The molecule has 4 rings (SSSR count). The average Bonchev–Trinajstić information content (AvgIpc) is 3.33. The van der Waals surface area contributed by atoms with Crippen LogP contribution in [0.5, 0.6) is 0 Å². The summed E-state index contributed by atoms with van der Waals surface area (Å²) >= 11 is 7.84. The van der Waals surface area contributed by atoms with E-state index in [1.165, 1.54) is 6.07 Å². The Labute approximate surface area is 220 Å². The number of hydrogen-bond acceptors (Lipinski definition) is 4. The number of alkyl halides is 3. The van der Waals surface area contributed by atoms with Gasteiger partial charge >= 0.3 is 6.18 Å². The zero-order valence-electron chi connectivity index (χ0n) is 20.6. The minimum atomic E-state index is -4.42. The van der Waals surface area contributed by atoms with Gasteiger partial charge in [-0.15, -0.1) is 0 Å². The third-order valence-corrected chi connectivity index (χ3v) is 8.55. The zero-order valence-corrected chi connectivity index (χ0v) is 22.2. The van der Waals surface area contributed by atoms with E-state index in [4.69, 9.17) is 17.3 Å². The Balaban J connectivity index is 1.47. The van der Waals surface area contributed by atoms with Gasteiger partial charge in [-0.25, -0.2) is 0 Å². The Kier molecular flexibility index (Phi) is 8.47. The van der Waals surface area contributed by atoms with Crippen molar-refractivity contribution in [1.29, 1.82) is 0 Å². The molecule has 2 aliphatic heterocycles. The standard InChI is InChI=1S/C27H33ClF3N3OS/c1-17(2)13-24(32)21-14-19(27(29,30)31)5-8-25(21)33-9-11-34(12-10-33)26(35)23-16-36-15-22(23)18-3-6-20(28)7-4-18/h3-8,14,17,22-24H,9-13,15-16,32H2,1-2H3/t22-,23+,24+/m1/s1. The lowest BCUT2D eigenvalue weighted by atomic mass is 9.88. The Bertz CT molecular complexity index is 1060. The minimum absolute atomic E-state index is 0.0798. The van der Waals surface area contributed by atoms with Gasteiger partial charge in [0.1, 0.15) is 0 Å². The smallest absolute Gasteiger partial charge is 0.368 e. The van der Waals surface area contributed by atoms with E-state index in [9.17, 15) is 18.0 Å². The molecule has 0 bridgehead atoms. The SMILES string of the molecule is CC(C)C[C@H](N)c1cc(C(F)(F)F)ccc1N1CCN(C(=O)[C@H]2CSC[C@@H]2c2ccc(Cl)cc2)CC1. The van der Waals surface area contributed by atoms with Crippen LogP contribution < -0.4 is 10.6 Å². The summed E-state index contributed by atoms with van der Waals surface area (Å²) in [6, 6.07) is 11.1. The number of thioether (sulfide) groups is 1. The minimum Gasteiger partial charge on any atom is -0.368 e. The van der Waals surface area contributed by atoms with Crippen LogP contribution in [0.2, 0.25) is 5.02 Å². The molecule has 0 radical (unpaired) electrons. The quantitative estimate of drug-likeness (QED) is 0.475. The van der Waals surface area contributed by atoms with E-state index in [1.54, 1.807) is 17.8 Å². The molecule has 2 fully saturated rings. The first-order valence-electron chi connectivity index (χ1n) is 12.4. The Morgan fingerprint density at radius 1 is 1.08 bits per heavy atom. The first-order valence-corrected chi connectivity index (χ1v) is 13.9. The molecule has 2 aromatic rings. The number of nitrogens with zero attached hydrogens (tertiary/aromatic N) is 2. The summed E-state index contributed by atoms with van der Waals surface area (Å²) in [7, 11) is 0. The molecule has 1 amide bonds. The van der Waals surface area contributed by atoms with Crippen molar-refractivity contribution >= 4 is 35.0 Å². The van der Waals surface area contributed by atoms with Crippen LogP contribution in [-0.2, 0) is 11.0 Å². The van der Waals surface area contributed by atoms with E-state index >= 15 is 0 Å². The van der Waals surface area contributed by atoms with Gasteiger partial charge < -0.3 is 15.5 Å². The summed E-state index contributed by atoms with van der Waals surface area (Å²) < 4.78 is 40.3. The molecule has 0 unspecified atom stereocenters. The molecule has 2 saturated heterocycles. The summed E-state index contributed by atoms with van der Waals surface area (Å²) in [6.45, 7) is 6.21. The number of benzene rings is 2. The van der Waals surface area contributed by atoms with Gasteiger partial charge in [0.2, 0.25) is 5.91 Å². The lowest BCUT2D eigenvalue weighted by Gasteiger charge is -2.39. The topological polar surface area (TPSA) is 49.6 Å². The molecule has 3 atom stereocenters. The van der Waals surface area contributed by atoms with Gasteiger partial charge in [0.15, 0.2) is 0 Å². The molecule has 196 valence electrons. The lowest BCUT2D eigenvalue weighted by molar-refractivity contribution is -0.138. The molecular weight excluding hydrogens is 507 g/mol. The highest BCUT2D eigenvalue weighted by Crippen LogP contribution is 2.40. The fourth-order valence-corrected chi connectivity index (χ4v) is 6.76. The number of piperazine rings is 1. The number of hydrogen-bond donors (Lipinski definition) is 1. The molecule has 2 heterocycles. The number of amides is 1. The monoisotopic (exact) mass is 539 g/mol. The second kappa shape index (κ2) is 11.2. The number of halogens is 4. The van der Waals surface area contributed by atoms with E-state index in [1.807, 2.05) is 43.0 Å². The van der Waals surface area contributed by atoms with Crippen molar-refractivity contribution in [3.63, 3.8) is 0 Å². The largest absolute Gasteiger partial charge is 0.416 e. The van der Waals surface area contributed by atoms with Crippen molar-refractivity contribution in [2.45, 2.75) is 38.4 Å². The molecule has 2 N–H and O–H groups in total. The van der Waals surface area contributed by atoms with Gasteiger partial charge in [-0.05, 0) is 53.8 Å². The highest BCUT2D eigenvalue weighted by atomic mass is 35.5. The molecule has 2 aromatic carbocycles. The third-order valence-electron chi connectivity index (χ3n) is 7.11. The number of nitrogens with two attached hydrogens (primary N) is 1. The Morgan fingerprint density at radius 2 is 1.75 bits per heavy atom. The van der Waals surface area contributed by atoms with Gasteiger partial charge in [-0.2, -0.15) is 24.9 Å². The summed E-state index contributed by atoms with van der Waals surface area (Å²) in [6.07, 6.45) is -3.83. The fraction of sp³-hybridized carbons (Fsp3) is 0.519. The van der Waals surface area contributed by atoms with E-state index in [-0.39, 0.29) is 23.7 Å². The van der Waals surface area contributed by atoms with Gasteiger partial charge in [-0.3, -0.25) is 4.79 Å². The summed E-state index contributed by atoms with van der Waals surface area (Å²) in [5.74, 6) is 2.19. The Morgan fingerprint density at radius 3 is 2.36 bits per heavy atom. The highest BCUT2D eigenvalue weighted by Gasteiger charge is 2.38. The van der Waals surface area contributed by atoms with Crippen LogP contribution in [-0.4, -0.2) is 48.5 Å². The fourth-order valence-electron chi connectivity index (χ4n) is 5.19. The van der Waals surface area contributed by atoms with Crippen molar-refractivity contribution in [3.8, 4) is 0 Å². The molecule has 36 heavy (non-hydrogen) atoms. The maximum atomic E-state index is 13.5. The van der Waals surface area contributed by atoms with Gasteiger partial charge in [-0.1, -0.05) is 37.6 Å². The van der Waals surface area contributed by atoms with Crippen LogP contribution in [0, 0.1) is 11.8 Å². The number of carbonyl (C=O) groups is 1. The molecule has 4 nitrogen and oxygen atoms in total. The second-order valence-electron chi connectivity index (χ2n) is 10.1. The van der Waals surface area contributed by atoms with Crippen molar-refractivity contribution in [2.75, 3.05) is 42.6 Å². The van der Waals surface area contributed by atoms with Crippen LogP contribution in [0.3, 0.4) is 0 Å². The lowest BCUT2D eigenvalue weighted by Crippen LogP contribution is -2.51. The number of rotatable bonds is 6. The summed E-state index contributed by atoms with van der Waals surface area (Å²) in [5, 5.41) is 0.680. The van der Waals surface area contributed by atoms with Crippen molar-refractivity contribution < 1.29 is 18.0 Å². The normalized spacial score (nSPS) is 21.8. The molecule has 0 aromatic heterocycles. The van der Waals surface area contributed by atoms with Crippen molar-refractivity contribution in [1.82, 2.24) is 4.90 Å². The molecule has 2 aliphatic rings. The van der Waals surface area contributed by atoms with Gasteiger partial charge in [0.05, 0.1) is 11.5 Å². The average molecular weight is 540 g/mol. The number of carbonyl (C=O) groups excluding carboxylic acids is 1. The molecule has 0 saturated carbocycles. The second-order valence-corrected chi connectivity index (χ2v) is 11.6. The van der Waals surface area contributed by atoms with Gasteiger partial charge in [0.25, 0.3) is 0 Å². The first-order chi connectivity index (χ1) is 17.0. The van der Waals surface area contributed by atoms with E-state index < -0.39 is 17.8 Å². The van der Waals surface area contributed by atoms with Crippen LogP contribution in [0.25, 0.3) is 0 Å². The molecular formula is C27H33ClF3N3OS. The van der Waals surface area contributed by atoms with E-state index in [2.05, 4.69) is 4.90 Å². The van der Waals surface area contributed by atoms with Crippen molar-refractivity contribution in [3.05, 3.63) is 64.2 Å². The molecule has 9 heteroatoms. The predicted molar refractivity (Wildman–Crippen MR) is 142 cm³/mol. The number of anilines is 1. The maximum Gasteiger partial charge on any atom is 0.416 e. The van der Waals surface area contributed by atoms with E-state index in [0.29, 0.717) is 43.2 Å².